The number of aliphatic hydroxyl groups excluding tert-OH is 1. The number of aliphatic hydroxyl groups is 1. The van der Waals surface area contributed by atoms with Crippen molar-refractivity contribution in [2.45, 2.75) is 17.7 Å². The van der Waals surface area contributed by atoms with Crippen LogP contribution in [0.25, 0.3) is 0 Å². The van der Waals surface area contributed by atoms with Crippen LogP contribution in [0.15, 0.2) is 23.1 Å². The Morgan fingerprint density at radius 3 is 2.63 bits per heavy atom. The third-order valence-corrected chi connectivity index (χ3v) is 4.96. The number of nitrogen functional groups attached to an aromatic ring is 1. The van der Waals surface area contributed by atoms with Crippen molar-refractivity contribution in [2.75, 3.05) is 31.2 Å². The minimum atomic E-state index is -3.48. The van der Waals surface area contributed by atoms with Gasteiger partial charge in [-0.15, -0.1) is 0 Å². The lowest BCUT2D eigenvalue weighted by molar-refractivity contribution is 0.220. The molecule has 0 amide bonds. The molecule has 0 aromatic heterocycles. The first-order chi connectivity index (χ1) is 8.92. The van der Waals surface area contributed by atoms with Crippen molar-refractivity contribution >= 4 is 21.4 Å². The van der Waals surface area contributed by atoms with Gasteiger partial charge in [-0.05, 0) is 38.1 Å². The summed E-state index contributed by atoms with van der Waals surface area (Å²) in [6.45, 7) is 0.727. The molecule has 2 rings (SSSR count). The molecule has 0 heterocycles. The van der Waals surface area contributed by atoms with Crippen molar-refractivity contribution in [2.24, 2.45) is 5.41 Å². The number of anilines is 2. The molecule has 19 heavy (non-hydrogen) atoms. The summed E-state index contributed by atoms with van der Waals surface area (Å²) in [7, 11) is -2.11. The highest BCUT2D eigenvalue weighted by atomic mass is 32.2. The average Bonchev–Trinajstić information content (AvgIpc) is 3.18. The van der Waals surface area contributed by atoms with E-state index in [2.05, 4.69) is 10.0 Å². The Kier molecular flexibility index (Phi) is 3.71. The Morgan fingerprint density at radius 2 is 2.11 bits per heavy atom. The van der Waals surface area contributed by atoms with Crippen molar-refractivity contribution in [1.82, 2.24) is 4.72 Å². The van der Waals surface area contributed by atoms with Gasteiger partial charge in [-0.3, -0.25) is 0 Å². The number of nitrogens with one attached hydrogen (secondary N) is 2. The van der Waals surface area contributed by atoms with Crippen LogP contribution in [-0.4, -0.2) is 33.7 Å². The van der Waals surface area contributed by atoms with Gasteiger partial charge in [-0.25, -0.2) is 13.1 Å². The number of rotatable bonds is 6. The molecule has 1 aromatic carbocycles. The van der Waals surface area contributed by atoms with Gasteiger partial charge in [-0.2, -0.15) is 0 Å². The fourth-order valence-corrected chi connectivity index (χ4v) is 2.58. The highest BCUT2D eigenvalue weighted by Crippen LogP contribution is 2.45. The van der Waals surface area contributed by atoms with E-state index >= 15 is 0 Å². The second-order valence-electron chi connectivity index (χ2n) is 4.97. The van der Waals surface area contributed by atoms with Gasteiger partial charge in [0.1, 0.15) is 0 Å². The van der Waals surface area contributed by atoms with E-state index in [4.69, 9.17) is 5.73 Å². The quantitative estimate of drug-likeness (QED) is 0.565. The van der Waals surface area contributed by atoms with Gasteiger partial charge in [0.05, 0.1) is 22.9 Å². The summed E-state index contributed by atoms with van der Waals surface area (Å²) in [5, 5.41) is 12.4. The third-order valence-electron chi connectivity index (χ3n) is 3.55. The van der Waals surface area contributed by atoms with Crippen LogP contribution in [0, 0.1) is 5.41 Å². The van der Waals surface area contributed by atoms with E-state index in [1.165, 1.54) is 19.2 Å². The summed E-state index contributed by atoms with van der Waals surface area (Å²) >= 11 is 0. The lowest BCUT2D eigenvalue weighted by Gasteiger charge is -2.16. The topological polar surface area (TPSA) is 104 Å². The van der Waals surface area contributed by atoms with Crippen LogP contribution in [0.4, 0.5) is 11.4 Å². The fourth-order valence-electron chi connectivity index (χ4n) is 1.82. The first-order valence-electron chi connectivity index (χ1n) is 6.10. The van der Waals surface area contributed by atoms with Crippen molar-refractivity contribution in [1.29, 1.82) is 0 Å². The van der Waals surface area contributed by atoms with Gasteiger partial charge in [-0.1, -0.05) is 0 Å². The molecular weight excluding hydrogens is 266 g/mol. The molecule has 0 spiro atoms. The van der Waals surface area contributed by atoms with Crippen LogP contribution in [0.1, 0.15) is 12.8 Å². The van der Waals surface area contributed by atoms with Crippen molar-refractivity contribution in [3.63, 3.8) is 0 Å². The Hall–Kier alpha value is -1.31. The molecule has 106 valence electrons. The molecule has 5 N–H and O–H groups in total. The Morgan fingerprint density at radius 1 is 1.42 bits per heavy atom. The van der Waals surface area contributed by atoms with Gasteiger partial charge in [0.25, 0.3) is 0 Å². The highest BCUT2D eigenvalue weighted by molar-refractivity contribution is 7.89. The molecule has 0 unspecified atom stereocenters. The van der Waals surface area contributed by atoms with Crippen LogP contribution >= 0.6 is 0 Å². The first-order valence-corrected chi connectivity index (χ1v) is 7.59. The second kappa shape index (κ2) is 4.99. The van der Waals surface area contributed by atoms with Crippen LogP contribution in [-0.2, 0) is 10.0 Å². The minimum absolute atomic E-state index is 0.0652. The molecule has 6 nitrogen and oxygen atoms in total. The fraction of sp³-hybridized carbons (Fsp3) is 0.500. The summed E-state index contributed by atoms with van der Waals surface area (Å²) in [6, 6.07) is 4.53. The van der Waals surface area contributed by atoms with Gasteiger partial charge in [0.2, 0.25) is 10.0 Å². The molecule has 7 heteroatoms. The highest BCUT2D eigenvalue weighted by Gasteiger charge is 2.41. The van der Waals surface area contributed by atoms with Crippen LogP contribution < -0.4 is 15.8 Å². The van der Waals surface area contributed by atoms with Gasteiger partial charge in [0, 0.05) is 12.0 Å². The van der Waals surface area contributed by atoms with Crippen LogP contribution in [0.3, 0.4) is 0 Å². The predicted molar refractivity (Wildman–Crippen MR) is 74.3 cm³/mol. The van der Waals surface area contributed by atoms with Crippen molar-refractivity contribution in [3.05, 3.63) is 18.2 Å². The van der Waals surface area contributed by atoms with E-state index in [1.54, 1.807) is 6.07 Å². The maximum atomic E-state index is 11.7. The third kappa shape index (κ3) is 2.99. The van der Waals surface area contributed by atoms with E-state index in [-0.39, 0.29) is 16.9 Å². The Bertz CT molecular complexity index is 568. The lowest BCUT2D eigenvalue weighted by atomic mass is 10.1. The summed E-state index contributed by atoms with van der Waals surface area (Å²) in [4.78, 5) is 0.167. The molecular formula is C12H19N3O3S. The zero-order valence-corrected chi connectivity index (χ0v) is 11.6. The molecule has 0 saturated heterocycles. The van der Waals surface area contributed by atoms with Crippen LogP contribution in [0.2, 0.25) is 0 Å². The number of hydrogen-bond acceptors (Lipinski definition) is 5. The maximum absolute atomic E-state index is 11.7. The van der Waals surface area contributed by atoms with Gasteiger partial charge in [0.15, 0.2) is 0 Å². The summed E-state index contributed by atoms with van der Waals surface area (Å²) < 4.78 is 25.7. The smallest absolute Gasteiger partial charge is 0.240 e. The first kappa shape index (κ1) is 14.1. The Balaban J connectivity index is 2.18. The molecule has 0 radical (unpaired) electrons. The number of sulfonamides is 1. The molecule has 0 bridgehead atoms. The minimum Gasteiger partial charge on any atom is -0.397 e. The predicted octanol–water partition coefficient (Wildman–Crippen LogP) is 0.361. The van der Waals surface area contributed by atoms with Gasteiger partial charge >= 0.3 is 0 Å². The average molecular weight is 285 g/mol. The number of nitrogens with two attached hydrogens (primary N) is 1. The molecule has 1 aliphatic rings. The van der Waals surface area contributed by atoms with E-state index in [1.807, 2.05) is 0 Å². The maximum Gasteiger partial charge on any atom is 0.240 e. The largest absolute Gasteiger partial charge is 0.397 e. The molecule has 1 aliphatic carbocycles. The van der Waals surface area contributed by atoms with Crippen molar-refractivity contribution in [3.8, 4) is 0 Å². The summed E-state index contributed by atoms with van der Waals surface area (Å²) in [5.74, 6) is 0. The normalized spacial score (nSPS) is 17.2. The zero-order chi connectivity index (χ0) is 14.1. The standard InChI is InChI=1S/C12H19N3O3S/c1-14-19(17,18)9-2-3-10(13)11(6-9)15-7-12(8-16)4-5-12/h2-3,6,14-16H,4-5,7-8,13H2,1H3. The molecule has 0 atom stereocenters. The Labute approximate surface area is 113 Å². The second-order valence-corrected chi connectivity index (χ2v) is 6.85. The molecule has 1 aromatic rings. The monoisotopic (exact) mass is 285 g/mol. The molecule has 1 fully saturated rings. The van der Waals surface area contributed by atoms with Crippen molar-refractivity contribution < 1.29 is 13.5 Å². The van der Waals surface area contributed by atoms with Gasteiger partial charge < -0.3 is 16.2 Å². The molecule has 0 aliphatic heterocycles. The summed E-state index contributed by atoms with van der Waals surface area (Å²) in [6.07, 6.45) is 1.95. The molecule has 1 saturated carbocycles. The van der Waals surface area contributed by atoms with E-state index < -0.39 is 10.0 Å². The van der Waals surface area contributed by atoms with Crippen LogP contribution in [0.5, 0.6) is 0 Å². The van der Waals surface area contributed by atoms with E-state index in [0.29, 0.717) is 17.9 Å². The zero-order valence-electron chi connectivity index (χ0n) is 10.8. The SMILES string of the molecule is CNS(=O)(=O)c1ccc(N)c(NCC2(CO)CC2)c1. The van der Waals surface area contributed by atoms with E-state index in [9.17, 15) is 13.5 Å². The number of hydrogen-bond donors (Lipinski definition) is 4. The lowest BCUT2D eigenvalue weighted by Crippen LogP contribution is -2.21. The summed E-state index contributed by atoms with van der Waals surface area (Å²) in [5.41, 5.74) is 6.83. The van der Waals surface area contributed by atoms with E-state index in [0.717, 1.165) is 12.8 Å². The number of benzene rings is 1.